The number of hydrogen-bond donors (Lipinski definition) is 2. The lowest BCUT2D eigenvalue weighted by atomic mass is 10.1. The van der Waals surface area contributed by atoms with Crippen molar-refractivity contribution in [2.75, 3.05) is 6.54 Å². The Hall–Kier alpha value is -2.96. The van der Waals surface area contributed by atoms with E-state index in [0.29, 0.717) is 29.8 Å². The van der Waals surface area contributed by atoms with E-state index in [9.17, 15) is 9.59 Å². The van der Waals surface area contributed by atoms with Crippen LogP contribution in [-0.2, 0) is 6.54 Å². The summed E-state index contributed by atoms with van der Waals surface area (Å²) in [7, 11) is 0. The lowest BCUT2D eigenvalue weighted by Gasteiger charge is -2.14. The Kier molecular flexibility index (Phi) is 6.80. The van der Waals surface area contributed by atoms with Gasteiger partial charge in [0.1, 0.15) is 16.8 Å². The number of pyridine rings is 2. The molecule has 3 heterocycles. The molecule has 0 radical (unpaired) electrons. The number of amides is 1. The molecule has 3 aromatic rings. The molecule has 0 saturated carbocycles. The fraction of sp³-hybridized carbons (Fsp3) is 0.455. The van der Waals surface area contributed by atoms with Crippen LogP contribution in [0.3, 0.4) is 0 Å². The van der Waals surface area contributed by atoms with E-state index in [1.165, 1.54) is 10.5 Å². The molecule has 7 nitrogen and oxygen atoms in total. The Morgan fingerprint density at radius 2 is 1.93 bits per heavy atom. The number of aryl methyl sites for hydroxylation is 1. The Balaban J connectivity index is 2.08. The number of nitrogens with one attached hydrogen (secondary N) is 2. The molecule has 0 bridgehead atoms. The van der Waals surface area contributed by atoms with E-state index in [1.807, 2.05) is 6.07 Å². The monoisotopic (exact) mass is 395 g/mol. The summed E-state index contributed by atoms with van der Waals surface area (Å²) in [6, 6.07) is 6.89. The Bertz CT molecular complexity index is 1130. The zero-order chi connectivity index (χ0) is 20.8. The summed E-state index contributed by atoms with van der Waals surface area (Å²) < 4.78 is 3.17. The van der Waals surface area contributed by atoms with Crippen molar-refractivity contribution in [3.8, 4) is 0 Å². The van der Waals surface area contributed by atoms with Crippen LogP contribution in [-0.4, -0.2) is 26.4 Å². The van der Waals surface area contributed by atoms with Crippen molar-refractivity contribution < 1.29 is 4.79 Å². The zero-order valence-electron chi connectivity index (χ0n) is 17.2. The van der Waals surface area contributed by atoms with Crippen LogP contribution >= 0.6 is 0 Å². The summed E-state index contributed by atoms with van der Waals surface area (Å²) in [5.74, 6) is -0.309. The molecule has 0 aliphatic rings. The average Bonchev–Trinajstić information content (AvgIpc) is 2.73. The normalized spacial score (nSPS) is 11.2. The van der Waals surface area contributed by atoms with Crippen molar-refractivity contribution in [3.05, 3.63) is 51.9 Å². The van der Waals surface area contributed by atoms with E-state index in [-0.39, 0.29) is 22.5 Å². The van der Waals surface area contributed by atoms with Gasteiger partial charge in [-0.2, -0.15) is 0 Å². The van der Waals surface area contributed by atoms with Crippen LogP contribution in [0.25, 0.3) is 16.7 Å². The van der Waals surface area contributed by atoms with E-state index in [4.69, 9.17) is 5.41 Å². The van der Waals surface area contributed by atoms with E-state index >= 15 is 0 Å². The van der Waals surface area contributed by atoms with Gasteiger partial charge in [-0.3, -0.25) is 19.4 Å². The molecule has 3 aromatic heterocycles. The van der Waals surface area contributed by atoms with Crippen molar-refractivity contribution in [1.82, 2.24) is 19.3 Å². The zero-order valence-corrected chi connectivity index (χ0v) is 17.2. The second-order valence-electron chi connectivity index (χ2n) is 7.31. The first kappa shape index (κ1) is 20.8. The number of fused-ring (bicyclic) bond motifs is 2. The maximum Gasteiger partial charge on any atom is 0.267 e. The maximum absolute atomic E-state index is 13.0. The van der Waals surface area contributed by atoms with Gasteiger partial charge in [-0.25, -0.2) is 4.98 Å². The third-order valence-electron chi connectivity index (χ3n) is 5.11. The molecule has 154 valence electrons. The standard InChI is InChI=1S/C22H29N5O2/c1-3-5-7-9-12-24-21(28)16-15-17-20(27(19(16)23)13-6-4-2)25-18-11-8-10-14-26(18)22(17)29/h8,10-11,14-15,23H,3-7,9,12-13H2,1-2H3,(H,24,28). The van der Waals surface area contributed by atoms with Gasteiger partial charge < -0.3 is 9.88 Å². The summed E-state index contributed by atoms with van der Waals surface area (Å²) in [5.41, 5.74) is 1.08. The highest BCUT2D eigenvalue weighted by atomic mass is 16.1. The Morgan fingerprint density at radius 1 is 1.14 bits per heavy atom. The highest BCUT2D eigenvalue weighted by Gasteiger charge is 2.17. The van der Waals surface area contributed by atoms with Gasteiger partial charge in [0.25, 0.3) is 11.5 Å². The highest BCUT2D eigenvalue weighted by Crippen LogP contribution is 2.11. The van der Waals surface area contributed by atoms with Crippen molar-refractivity contribution in [2.24, 2.45) is 0 Å². The van der Waals surface area contributed by atoms with Crippen LogP contribution in [0.4, 0.5) is 0 Å². The minimum absolute atomic E-state index is 0.101. The maximum atomic E-state index is 13.0. The molecule has 0 atom stereocenters. The molecular weight excluding hydrogens is 366 g/mol. The van der Waals surface area contributed by atoms with E-state index in [1.54, 1.807) is 22.9 Å². The van der Waals surface area contributed by atoms with E-state index in [2.05, 4.69) is 24.1 Å². The van der Waals surface area contributed by atoms with Gasteiger partial charge >= 0.3 is 0 Å². The van der Waals surface area contributed by atoms with Gasteiger partial charge in [0.2, 0.25) is 0 Å². The van der Waals surface area contributed by atoms with Gasteiger partial charge in [0, 0.05) is 19.3 Å². The second kappa shape index (κ2) is 9.49. The second-order valence-corrected chi connectivity index (χ2v) is 7.31. The minimum Gasteiger partial charge on any atom is -0.352 e. The SMILES string of the molecule is CCCCCCNC(=O)c1cc2c(=O)n3ccccc3nc2n(CCCC)c1=N. The lowest BCUT2D eigenvalue weighted by molar-refractivity contribution is 0.0950. The first-order valence-corrected chi connectivity index (χ1v) is 10.5. The lowest BCUT2D eigenvalue weighted by Crippen LogP contribution is -2.35. The van der Waals surface area contributed by atoms with Crippen LogP contribution in [0, 0.1) is 5.41 Å². The fourth-order valence-corrected chi connectivity index (χ4v) is 3.44. The number of rotatable bonds is 9. The van der Waals surface area contributed by atoms with Crippen LogP contribution in [0.15, 0.2) is 35.3 Å². The molecular formula is C22H29N5O2. The van der Waals surface area contributed by atoms with E-state index in [0.717, 1.165) is 38.5 Å². The first-order valence-electron chi connectivity index (χ1n) is 10.5. The number of unbranched alkanes of at least 4 members (excludes halogenated alkanes) is 4. The smallest absolute Gasteiger partial charge is 0.267 e. The molecule has 0 aliphatic carbocycles. The molecule has 0 aliphatic heterocycles. The molecule has 2 N–H and O–H groups in total. The molecule has 1 amide bonds. The summed E-state index contributed by atoms with van der Waals surface area (Å²) in [6.07, 6.45) is 7.70. The Morgan fingerprint density at radius 3 is 2.69 bits per heavy atom. The number of hydrogen-bond acceptors (Lipinski definition) is 4. The molecule has 0 unspecified atom stereocenters. The van der Waals surface area contributed by atoms with Gasteiger partial charge in [-0.05, 0) is 31.0 Å². The van der Waals surface area contributed by atoms with Gasteiger partial charge in [0.15, 0.2) is 0 Å². The van der Waals surface area contributed by atoms with Crippen LogP contribution in [0.1, 0.15) is 62.7 Å². The van der Waals surface area contributed by atoms with Crippen molar-refractivity contribution in [2.45, 2.75) is 58.9 Å². The first-order chi connectivity index (χ1) is 14.1. The molecule has 3 rings (SSSR count). The molecule has 0 saturated heterocycles. The van der Waals surface area contributed by atoms with Crippen molar-refractivity contribution in [3.63, 3.8) is 0 Å². The fourth-order valence-electron chi connectivity index (χ4n) is 3.44. The largest absolute Gasteiger partial charge is 0.352 e. The Labute approximate surface area is 169 Å². The summed E-state index contributed by atoms with van der Waals surface area (Å²) in [4.78, 5) is 30.4. The average molecular weight is 396 g/mol. The van der Waals surface area contributed by atoms with Gasteiger partial charge in [-0.1, -0.05) is 45.6 Å². The summed E-state index contributed by atoms with van der Waals surface area (Å²) in [6.45, 7) is 5.32. The van der Waals surface area contributed by atoms with Crippen molar-refractivity contribution in [1.29, 1.82) is 5.41 Å². The van der Waals surface area contributed by atoms with Crippen LogP contribution in [0.5, 0.6) is 0 Å². The third kappa shape index (κ3) is 4.39. The topological polar surface area (TPSA) is 92.2 Å². The number of carbonyl (C=O) groups excluding carboxylic acids is 1. The summed E-state index contributed by atoms with van der Waals surface area (Å²) >= 11 is 0. The van der Waals surface area contributed by atoms with Gasteiger partial charge in [0.05, 0.1) is 10.9 Å². The van der Waals surface area contributed by atoms with Crippen molar-refractivity contribution >= 4 is 22.6 Å². The highest BCUT2D eigenvalue weighted by molar-refractivity contribution is 5.96. The quantitative estimate of drug-likeness (QED) is 0.430. The number of nitrogens with zero attached hydrogens (tertiary/aromatic N) is 3. The molecule has 7 heteroatoms. The number of carbonyl (C=O) groups is 1. The molecule has 0 aromatic carbocycles. The molecule has 0 spiro atoms. The number of aromatic nitrogens is 3. The summed E-state index contributed by atoms with van der Waals surface area (Å²) in [5, 5.41) is 11.9. The van der Waals surface area contributed by atoms with Gasteiger partial charge in [-0.15, -0.1) is 0 Å². The van der Waals surface area contributed by atoms with Crippen LogP contribution in [0.2, 0.25) is 0 Å². The molecule has 0 fully saturated rings. The van der Waals surface area contributed by atoms with Crippen LogP contribution < -0.4 is 16.4 Å². The third-order valence-corrected chi connectivity index (χ3v) is 5.11. The minimum atomic E-state index is -0.309. The predicted octanol–water partition coefficient (Wildman–Crippen LogP) is 3.24. The predicted molar refractivity (Wildman–Crippen MR) is 114 cm³/mol. The van der Waals surface area contributed by atoms with E-state index < -0.39 is 0 Å². The molecule has 29 heavy (non-hydrogen) atoms.